The maximum atomic E-state index is 10.9. The zero-order valence-electron chi connectivity index (χ0n) is 16.0. The van der Waals surface area contributed by atoms with Crippen LogP contribution in [0.15, 0.2) is 60.9 Å². The molecule has 2 aromatic carbocycles. The second-order valence-corrected chi connectivity index (χ2v) is 7.68. The van der Waals surface area contributed by atoms with E-state index in [1.54, 1.807) is 6.20 Å². The highest BCUT2D eigenvalue weighted by Crippen LogP contribution is 2.30. The molecule has 0 spiro atoms. The van der Waals surface area contributed by atoms with Gasteiger partial charge in [-0.05, 0) is 23.8 Å². The van der Waals surface area contributed by atoms with Crippen LogP contribution in [0.3, 0.4) is 0 Å². The van der Waals surface area contributed by atoms with Gasteiger partial charge in [-0.2, -0.15) is 0 Å². The molecule has 28 heavy (non-hydrogen) atoms. The first-order valence-electron chi connectivity index (χ1n) is 9.58. The van der Waals surface area contributed by atoms with E-state index in [0.717, 1.165) is 49.0 Å². The highest BCUT2D eigenvalue weighted by atomic mass is 35.5. The number of aliphatic hydroxyl groups excluding tert-OH is 1. The number of aryl methyl sites for hydroxylation is 1. The molecule has 0 radical (unpaired) electrons. The summed E-state index contributed by atoms with van der Waals surface area (Å²) in [5.74, 6) is 0.661. The van der Waals surface area contributed by atoms with Crippen LogP contribution in [0, 0.1) is 0 Å². The lowest BCUT2D eigenvalue weighted by Gasteiger charge is -2.37. The molecule has 0 aliphatic carbocycles. The standard InChI is InChI=1S/C22H25ClN4O/c1-25-11-10-24-22(25)21(28)19-4-2-3-5-20(19)27-14-12-26(13-15-27)16-17-6-8-18(23)9-7-17/h2-11,21,28H,12-16H2,1H3/t21-/m1/s1. The number of halogens is 1. The van der Waals surface area contributed by atoms with Gasteiger partial charge in [-0.3, -0.25) is 4.90 Å². The van der Waals surface area contributed by atoms with Gasteiger partial charge < -0.3 is 14.6 Å². The van der Waals surface area contributed by atoms with E-state index in [9.17, 15) is 5.11 Å². The average molecular weight is 397 g/mol. The number of imidazole rings is 1. The summed E-state index contributed by atoms with van der Waals surface area (Å²) in [7, 11) is 1.91. The van der Waals surface area contributed by atoms with E-state index in [4.69, 9.17) is 11.6 Å². The van der Waals surface area contributed by atoms with Crippen LogP contribution in [0.25, 0.3) is 0 Å². The molecule has 1 aliphatic rings. The maximum absolute atomic E-state index is 10.9. The summed E-state index contributed by atoms with van der Waals surface area (Å²) in [5, 5.41) is 11.7. The Balaban J connectivity index is 1.45. The Bertz CT molecular complexity index is 916. The van der Waals surface area contributed by atoms with E-state index in [0.29, 0.717) is 5.82 Å². The third-order valence-electron chi connectivity index (χ3n) is 5.37. The molecule has 1 aliphatic heterocycles. The third kappa shape index (κ3) is 4.07. The normalized spacial score (nSPS) is 16.3. The highest BCUT2D eigenvalue weighted by Gasteiger charge is 2.23. The van der Waals surface area contributed by atoms with Gasteiger partial charge in [0.15, 0.2) is 0 Å². The van der Waals surface area contributed by atoms with E-state index < -0.39 is 6.10 Å². The molecular formula is C22H25ClN4O. The zero-order chi connectivity index (χ0) is 19.5. The van der Waals surface area contributed by atoms with Gasteiger partial charge >= 0.3 is 0 Å². The Hall–Kier alpha value is -2.34. The summed E-state index contributed by atoms with van der Waals surface area (Å²) in [6, 6.07) is 16.2. The second kappa shape index (κ2) is 8.35. The van der Waals surface area contributed by atoms with E-state index >= 15 is 0 Å². The number of piperazine rings is 1. The minimum absolute atomic E-state index is 0.661. The number of aromatic nitrogens is 2. The maximum Gasteiger partial charge on any atom is 0.142 e. The van der Waals surface area contributed by atoms with Gasteiger partial charge in [0, 0.05) is 68.4 Å². The van der Waals surface area contributed by atoms with Gasteiger partial charge in [0.2, 0.25) is 0 Å². The van der Waals surface area contributed by atoms with Crippen LogP contribution in [0.2, 0.25) is 5.02 Å². The number of anilines is 1. The van der Waals surface area contributed by atoms with Crippen LogP contribution in [-0.2, 0) is 13.6 Å². The monoisotopic (exact) mass is 396 g/mol. The fourth-order valence-electron chi connectivity index (χ4n) is 3.78. The molecule has 4 rings (SSSR count). The summed E-state index contributed by atoms with van der Waals surface area (Å²) in [6.07, 6.45) is 2.84. The Morgan fingerprint density at radius 3 is 2.43 bits per heavy atom. The molecule has 146 valence electrons. The van der Waals surface area contributed by atoms with E-state index in [2.05, 4.69) is 33.0 Å². The fourth-order valence-corrected chi connectivity index (χ4v) is 3.91. The van der Waals surface area contributed by atoms with Gasteiger partial charge in [-0.15, -0.1) is 0 Å². The molecule has 1 aromatic heterocycles. The molecule has 0 unspecified atom stereocenters. The van der Waals surface area contributed by atoms with Crippen LogP contribution < -0.4 is 4.90 Å². The molecule has 3 aromatic rings. The van der Waals surface area contributed by atoms with Crippen LogP contribution in [0.5, 0.6) is 0 Å². The lowest BCUT2D eigenvalue weighted by Crippen LogP contribution is -2.46. The lowest BCUT2D eigenvalue weighted by molar-refractivity contribution is 0.205. The molecule has 0 bridgehead atoms. The van der Waals surface area contributed by atoms with Crippen molar-refractivity contribution in [3.8, 4) is 0 Å². The van der Waals surface area contributed by atoms with Crippen LogP contribution in [-0.4, -0.2) is 45.7 Å². The number of nitrogens with zero attached hydrogens (tertiary/aromatic N) is 4. The van der Waals surface area contributed by atoms with Gasteiger partial charge in [-0.25, -0.2) is 4.98 Å². The molecule has 1 fully saturated rings. The first-order valence-corrected chi connectivity index (χ1v) is 9.95. The van der Waals surface area contributed by atoms with Crippen LogP contribution >= 0.6 is 11.6 Å². The SMILES string of the molecule is Cn1ccnc1[C@H](O)c1ccccc1N1CCN(Cc2ccc(Cl)cc2)CC1. The fraction of sp³-hybridized carbons (Fsp3) is 0.318. The number of hydrogen-bond donors (Lipinski definition) is 1. The second-order valence-electron chi connectivity index (χ2n) is 7.25. The Labute approximate surface area is 170 Å². The molecule has 6 heteroatoms. The summed E-state index contributed by atoms with van der Waals surface area (Å²) < 4.78 is 1.87. The van der Waals surface area contributed by atoms with Crippen molar-refractivity contribution in [1.29, 1.82) is 0 Å². The Morgan fingerprint density at radius 2 is 1.75 bits per heavy atom. The largest absolute Gasteiger partial charge is 0.380 e. The molecule has 1 atom stereocenters. The predicted octanol–water partition coefficient (Wildman–Crippen LogP) is 3.48. The molecule has 1 saturated heterocycles. The summed E-state index contributed by atoms with van der Waals surface area (Å²) in [5.41, 5.74) is 3.27. The average Bonchev–Trinajstić information content (AvgIpc) is 3.16. The Kier molecular flexibility index (Phi) is 5.67. The van der Waals surface area contributed by atoms with Crippen molar-refractivity contribution in [2.45, 2.75) is 12.6 Å². The van der Waals surface area contributed by atoms with Gasteiger partial charge in [0.05, 0.1) is 0 Å². The zero-order valence-corrected chi connectivity index (χ0v) is 16.8. The quantitative estimate of drug-likeness (QED) is 0.717. The molecule has 5 nitrogen and oxygen atoms in total. The van der Waals surface area contributed by atoms with Crippen molar-refractivity contribution in [2.24, 2.45) is 7.05 Å². The number of benzene rings is 2. The first kappa shape index (κ1) is 19.0. The number of hydrogen-bond acceptors (Lipinski definition) is 4. The lowest BCUT2D eigenvalue weighted by atomic mass is 10.0. The first-order chi connectivity index (χ1) is 13.6. The minimum Gasteiger partial charge on any atom is -0.380 e. The van der Waals surface area contributed by atoms with Crippen molar-refractivity contribution in [3.05, 3.63) is 82.9 Å². The topological polar surface area (TPSA) is 44.5 Å². The Morgan fingerprint density at radius 1 is 1.04 bits per heavy atom. The van der Waals surface area contributed by atoms with Crippen LogP contribution in [0.4, 0.5) is 5.69 Å². The number of para-hydroxylation sites is 1. The van der Waals surface area contributed by atoms with Crippen molar-refractivity contribution in [1.82, 2.24) is 14.5 Å². The van der Waals surface area contributed by atoms with E-state index in [1.807, 2.05) is 48.1 Å². The molecule has 0 amide bonds. The third-order valence-corrected chi connectivity index (χ3v) is 5.62. The summed E-state index contributed by atoms with van der Waals surface area (Å²) in [6.45, 7) is 4.75. The van der Waals surface area contributed by atoms with Crippen molar-refractivity contribution in [3.63, 3.8) is 0 Å². The smallest absolute Gasteiger partial charge is 0.142 e. The number of aliphatic hydroxyl groups is 1. The molecule has 1 N–H and O–H groups in total. The van der Waals surface area contributed by atoms with Crippen LogP contribution in [0.1, 0.15) is 23.1 Å². The van der Waals surface area contributed by atoms with Crippen molar-refractivity contribution in [2.75, 3.05) is 31.1 Å². The molecule has 0 saturated carbocycles. The van der Waals surface area contributed by atoms with Crippen molar-refractivity contribution >= 4 is 17.3 Å². The van der Waals surface area contributed by atoms with Gasteiger partial charge in [0.1, 0.15) is 11.9 Å². The number of rotatable bonds is 5. The van der Waals surface area contributed by atoms with E-state index in [-0.39, 0.29) is 0 Å². The van der Waals surface area contributed by atoms with Gasteiger partial charge in [0.25, 0.3) is 0 Å². The summed E-state index contributed by atoms with van der Waals surface area (Å²) >= 11 is 5.98. The van der Waals surface area contributed by atoms with Crippen molar-refractivity contribution < 1.29 is 5.11 Å². The summed E-state index contributed by atoms with van der Waals surface area (Å²) in [4.78, 5) is 9.14. The minimum atomic E-state index is -0.733. The van der Waals surface area contributed by atoms with Gasteiger partial charge in [-0.1, -0.05) is 41.9 Å². The predicted molar refractivity (Wildman–Crippen MR) is 113 cm³/mol. The highest BCUT2D eigenvalue weighted by molar-refractivity contribution is 6.30. The molecular weight excluding hydrogens is 372 g/mol. The molecule has 2 heterocycles. The van der Waals surface area contributed by atoms with E-state index in [1.165, 1.54) is 5.56 Å².